The van der Waals surface area contributed by atoms with Crippen LogP contribution >= 0.6 is 0 Å². The molecule has 0 aromatic heterocycles. The third-order valence-corrected chi connectivity index (χ3v) is 6.19. The summed E-state index contributed by atoms with van der Waals surface area (Å²) in [4.78, 5) is 2.15. The second-order valence-corrected chi connectivity index (χ2v) is 8.99. The average molecular weight is 404 g/mol. The Morgan fingerprint density at radius 3 is 2.23 bits per heavy atom. The molecule has 2 aliphatic heterocycles. The van der Waals surface area contributed by atoms with Crippen LogP contribution < -0.4 is 10.1 Å². The molecule has 4 heteroatoms. The standard InChI is InChI=1S/C26H33N3O/c1-18(2)29(19(3)4)25(27)21-11-9-20(10-12-21)23-17-26(13-15-28-16-14-26)30-24-8-6-5-7-22(23)24/h5-12,17-19,27-28H,13-16H2,1-4H3. The largest absolute Gasteiger partial charge is 0.482 e. The third-order valence-electron chi connectivity index (χ3n) is 6.19. The number of benzene rings is 2. The molecule has 2 aromatic rings. The number of rotatable bonds is 4. The van der Waals surface area contributed by atoms with Gasteiger partial charge in [0.05, 0.1) is 0 Å². The molecule has 158 valence electrons. The highest BCUT2D eigenvalue weighted by Gasteiger charge is 2.36. The van der Waals surface area contributed by atoms with Crippen LogP contribution in [0.2, 0.25) is 0 Å². The van der Waals surface area contributed by atoms with E-state index in [1.54, 1.807) is 0 Å². The molecular weight excluding hydrogens is 370 g/mol. The first-order chi connectivity index (χ1) is 14.4. The Balaban J connectivity index is 1.69. The van der Waals surface area contributed by atoms with Crippen LogP contribution in [-0.4, -0.2) is 41.5 Å². The Hall–Kier alpha value is -2.59. The van der Waals surface area contributed by atoms with Crippen LogP contribution in [0.25, 0.3) is 5.57 Å². The van der Waals surface area contributed by atoms with Crippen molar-refractivity contribution in [2.45, 2.75) is 58.2 Å². The first kappa shape index (κ1) is 20.7. The maximum absolute atomic E-state index is 8.72. The van der Waals surface area contributed by atoms with Gasteiger partial charge in [0.15, 0.2) is 0 Å². The first-order valence-electron chi connectivity index (χ1n) is 11.1. The fourth-order valence-electron chi connectivity index (χ4n) is 4.77. The molecule has 0 unspecified atom stereocenters. The topological polar surface area (TPSA) is 48.4 Å². The fourth-order valence-corrected chi connectivity index (χ4v) is 4.77. The number of amidine groups is 1. The van der Waals surface area contributed by atoms with Gasteiger partial charge in [-0.15, -0.1) is 0 Å². The quantitative estimate of drug-likeness (QED) is 0.553. The molecule has 0 radical (unpaired) electrons. The smallest absolute Gasteiger partial charge is 0.130 e. The Bertz CT molecular complexity index is 929. The molecule has 0 bridgehead atoms. The number of nitrogens with zero attached hydrogens (tertiary/aromatic N) is 1. The van der Waals surface area contributed by atoms with Crippen LogP contribution in [0, 0.1) is 5.41 Å². The van der Waals surface area contributed by atoms with Gasteiger partial charge in [-0.05, 0) is 64.1 Å². The van der Waals surface area contributed by atoms with E-state index in [2.05, 4.69) is 86.5 Å². The Morgan fingerprint density at radius 2 is 1.60 bits per heavy atom. The molecule has 2 heterocycles. The van der Waals surface area contributed by atoms with Crippen molar-refractivity contribution in [1.29, 1.82) is 5.41 Å². The van der Waals surface area contributed by atoms with Crippen LogP contribution in [0.1, 0.15) is 57.2 Å². The van der Waals surface area contributed by atoms with Gasteiger partial charge in [-0.1, -0.05) is 42.5 Å². The SMILES string of the molecule is CC(C)N(C(=N)c1ccc(C2=CC3(CCNCC3)Oc3ccccc32)cc1)C(C)C. The van der Waals surface area contributed by atoms with Crippen LogP contribution in [0.15, 0.2) is 54.6 Å². The number of hydrogen-bond donors (Lipinski definition) is 2. The molecule has 4 rings (SSSR count). The minimum Gasteiger partial charge on any atom is -0.482 e. The minimum atomic E-state index is -0.230. The van der Waals surface area contributed by atoms with Crippen molar-refractivity contribution in [2.75, 3.05) is 13.1 Å². The molecule has 2 aliphatic rings. The number of para-hydroxylation sites is 1. The molecule has 0 atom stereocenters. The van der Waals surface area contributed by atoms with Gasteiger partial charge in [-0.25, -0.2) is 0 Å². The average Bonchev–Trinajstić information content (AvgIpc) is 2.73. The lowest BCUT2D eigenvalue weighted by atomic mass is 9.83. The molecule has 30 heavy (non-hydrogen) atoms. The Labute approximate surface area is 180 Å². The molecule has 0 saturated carbocycles. The van der Waals surface area contributed by atoms with Crippen LogP contribution in [-0.2, 0) is 0 Å². The molecule has 2 aromatic carbocycles. The molecule has 0 amide bonds. The van der Waals surface area contributed by atoms with Crippen molar-refractivity contribution in [3.05, 3.63) is 71.3 Å². The summed E-state index contributed by atoms with van der Waals surface area (Å²) < 4.78 is 6.50. The predicted molar refractivity (Wildman–Crippen MR) is 124 cm³/mol. The monoisotopic (exact) mass is 403 g/mol. The molecule has 2 N–H and O–H groups in total. The van der Waals surface area contributed by atoms with Crippen molar-refractivity contribution < 1.29 is 4.74 Å². The molecule has 4 nitrogen and oxygen atoms in total. The van der Waals surface area contributed by atoms with E-state index in [9.17, 15) is 0 Å². The highest BCUT2D eigenvalue weighted by molar-refractivity contribution is 5.97. The lowest BCUT2D eigenvalue weighted by Crippen LogP contribution is -2.46. The van der Waals surface area contributed by atoms with Crippen molar-refractivity contribution in [1.82, 2.24) is 10.2 Å². The summed E-state index contributed by atoms with van der Waals surface area (Å²) >= 11 is 0. The predicted octanol–water partition coefficient (Wildman–Crippen LogP) is 5.08. The molecule has 1 fully saturated rings. The lowest BCUT2D eigenvalue weighted by molar-refractivity contribution is 0.0817. The highest BCUT2D eigenvalue weighted by Crippen LogP contribution is 2.42. The van der Waals surface area contributed by atoms with E-state index >= 15 is 0 Å². The van der Waals surface area contributed by atoms with Gasteiger partial charge in [0.25, 0.3) is 0 Å². The maximum atomic E-state index is 8.72. The summed E-state index contributed by atoms with van der Waals surface area (Å²) in [5, 5.41) is 12.2. The summed E-state index contributed by atoms with van der Waals surface area (Å²) in [6.07, 6.45) is 4.29. The van der Waals surface area contributed by atoms with Gasteiger partial charge < -0.3 is 15.0 Å². The van der Waals surface area contributed by atoms with Crippen molar-refractivity contribution in [2.24, 2.45) is 0 Å². The van der Waals surface area contributed by atoms with E-state index in [1.807, 2.05) is 6.07 Å². The second kappa shape index (κ2) is 8.27. The van der Waals surface area contributed by atoms with Crippen LogP contribution in [0.3, 0.4) is 0 Å². The summed E-state index contributed by atoms with van der Waals surface area (Å²) in [7, 11) is 0. The number of piperidine rings is 1. The lowest BCUT2D eigenvalue weighted by Gasteiger charge is -2.40. The van der Waals surface area contributed by atoms with Gasteiger partial charge in [0, 0.05) is 36.1 Å². The fraction of sp³-hybridized carbons (Fsp3) is 0.423. The van der Waals surface area contributed by atoms with Gasteiger partial charge in [0.2, 0.25) is 0 Å². The van der Waals surface area contributed by atoms with E-state index < -0.39 is 0 Å². The van der Waals surface area contributed by atoms with Gasteiger partial charge in [0.1, 0.15) is 17.2 Å². The van der Waals surface area contributed by atoms with E-state index in [4.69, 9.17) is 10.1 Å². The van der Waals surface area contributed by atoms with E-state index in [-0.39, 0.29) is 5.60 Å². The van der Waals surface area contributed by atoms with Crippen LogP contribution in [0.5, 0.6) is 5.75 Å². The number of hydrogen-bond acceptors (Lipinski definition) is 3. The number of fused-ring (bicyclic) bond motifs is 1. The summed E-state index contributed by atoms with van der Waals surface area (Å²) in [5.41, 5.74) is 4.29. The van der Waals surface area contributed by atoms with Crippen molar-refractivity contribution in [3.8, 4) is 5.75 Å². The summed E-state index contributed by atoms with van der Waals surface area (Å²) in [6.45, 7) is 10.5. The van der Waals surface area contributed by atoms with E-state index in [0.717, 1.165) is 42.8 Å². The summed E-state index contributed by atoms with van der Waals surface area (Å²) in [6, 6.07) is 17.4. The summed E-state index contributed by atoms with van der Waals surface area (Å²) in [5.74, 6) is 1.56. The zero-order valence-corrected chi connectivity index (χ0v) is 18.5. The molecule has 1 saturated heterocycles. The van der Waals surface area contributed by atoms with Crippen LogP contribution in [0.4, 0.5) is 0 Å². The zero-order valence-electron chi connectivity index (χ0n) is 18.5. The van der Waals surface area contributed by atoms with E-state index in [0.29, 0.717) is 17.9 Å². The van der Waals surface area contributed by atoms with Gasteiger partial charge >= 0.3 is 0 Å². The maximum Gasteiger partial charge on any atom is 0.130 e. The minimum absolute atomic E-state index is 0.230. The number of ether oxygens (including phenoxy) is 1. The van der Waals surface area contributed by atoms with E-state index in [1.165, 1.54) is 11.1 Å². The molecule has 0 aliphatic carbocycles. The van der Waals surface area contributed by atoms with Gasteiger partial charge in [-0.2, -0.15) is 0 Å². The first-order valence-corrected chi connectivity index (χ1v) is 11.1. The molecule has 1 spiro atoms. The highest BCUT2D eigenvalue weighted by atomic mass is 16.5. The zero-order chi connectivity index (χ0) is 21.3. The number of nitrogens with one attached hydrogen (secondary N) is 2. The van der Waals surface area contributed by atoms with Gasteiger partial charge in [-0.3, -0.25) is 5.41 Å². The van der Waals surface area contributed by atoms with Crippen molar-refractivity contribution in [3.63, 3.8) is 0 Å². The molecular formula is C26H33N3O. The Morgan fingerprint density at radius 1 is 0.967 bits per heavy atom. The normalized spacial score (nSPS) is 17.5. The third kappa shape index (κ3) is 3.89. The Kier molecular flexibility index (Phi) is 5.70. The second-order valence-electron chi connectivity index (χ2n) is 8.99. The van der Waals surface area contributed by atoms with Crippen molar-refractivity contribution >= 4 is 11.4 Å².